The zero-order valence-corrected chi connectivity index (χ0v) is 65.3. The Morgan fingerprint density at radius 2 is 0.420 bits per heavy atom. The van der Waals surface area contributed by atoms with Crippen LogP contribution in [0.3, 0.4) is 0 Å². The summed E-state index contributed by atoms with van der Waals surface area (Å²) in [6, 6.07) is 37.3. The van der Waals surface area contributed by atoms with Gasteiger partial charge in [0.2, 0.25) is 0 Å². The number of carbonyl (C=O) groups excluding carboxylic acids is 8. The predicted octanol–water partition coefficient (Wildman–Crippen LogP) is 20.5. The van der Waals surface area contributed by atoms with Crippen LogP contribution in [0.4, 0.5) is 0 Å². The average Bonchev–Trinajstić information content (AvgIpc) is 0.835. The minimum atomic E-state index is -0.559. The standard InChI is InChI=1S/C92H114O20/c1-5-85(93)105-65-35-25-15-11-21-31-61-101-77-49-41-71(42-50-77)89(97)109-81-57-59-83(111-91(99)73-45-53-79(54-46-73)103-63-33-23-13-17-27-37-67-107-87(95)7-3)75(69-81)39-29-19-9-10-20-30-40-76-70-82(110-90(98)72-43-51-78(52-44-72)102-62-32-22-12-16-26-36-66-106-86(94)6-2)58-60-84(76)112-92(100)74-47-55-80(56-48-74)104-64-34-24-14-18-28-38-68-108-88(96)8-4/h5-8,41-60,69-70H,1-4,9-40,61-68H2. The van der Waals surface area contributed by atoms with E-state index < -0.39 is 47.8 Å². The van der Waals surface area contributed by atoms with Crippen LogP contribution in [0.15, 0.2) is 184 Å². The van der Waals surface area contributed by atoms with Gasteiger partial charge >= 0.3 is 47.8 Å². The lowest BCUT2D eigenvalue weighted by molar-refractivity contribution is -0.138. The second-order valence-electron chi connectivity index (χ2n) is 27.2. The number of rotatable bonds is 61. The fourth-order valence-corrected chi connectivity index (χ4v) is 11.9. The van der Waals surface area contributed by atoms with E-state index in [9.17, 15) is 38.4 Å². The van der Waals surface area contributed by atoms with Crippen LogP contribution in [-0.2, 0) is 51.0 Å². The number of hydrogen-bond acceptors (Lipinski definition) is 20. The lowest BCUT2D eigenvalue weighted by Gasteiger charge is -2.14. The molecular weight excluding hydrogens is 1420 g/mol. The molecule has 0 aliphatic rings. The van der Waals surface area contributed by atoms with Crippen LogP contribution >= 0.6 is 0 Å². The molecule has 0 fully saturated rings. The maximum absolute atomic E-state index is 13.8. The van der Waals surface area contributed by atoms with Crippen molar-refractivity contribution in [1.82, 2.24) is 0 Å². The van der Waals surface area contributed by atoms with Crippen molar-refractivity contribution in [2.45, 2.75) is 205 Å². The normalized spacial score (nSPS) is 10.8. The summed E-state index contributed by atoms with van der Waals surface area (Å²) in [6.07, 6.45) is 33.5. The van der Waals surface area contributed by atoms with E-state index in [0.29, 0.717) is 145 Å². The number of ether oxygens (including phenoxy) is 12. The van der Waals surface area contributed by atoms with E-state index in [1.807, 2.05) is 0 Å². The first-order chi connectivity index (χ1) is 54.7. The summed E-state index contributed by atoms with van der Waals surface area (Å²) in [5, 5.41) is 0. The summed E-state index contributed by atoms with van der Waals surface area (Å²) >= 11 is 0. The topological polar surface area (TPSA) is 247 Å². The van der Waals surface area contributed by atoms with Gasteiger partial charge in [0.05, 0.1) is 75.1 Å². The van der Waals surface area contributed by atoms with Crippen molar-refractivity contribution in [3.05, 3.63) is 217 Å². The molecule has 0 spiro atoms. The van der Waals surface area contributed by atoms with E-state index >= 15 is 0 Å². The molecule has 0 saturated heterocycles. The van der Waals surface area contributed by atoms with Crippen LogP contribution in [0, 0.1) is 0 Å². The maximum atomic E-state index is 13.8. The smallest absolute Gasteiger partial charge is 0.343 e. The zero-order chi connectivity index (χ0) is 79.9. The molecule has 0 saturated carbocycles. The molecule has 20 heteroatoms. The van der Waals surface area contributed by atoms with Gasteiger partial charge in [0.1, 0.15) is 46.0 Å². The van der Waals surface area contributed by atoms with Gasteiger partial charge in [0, 0.05) is 24.3 Å². The predicted molar refractivity (Wildman–Crippen MR) is 431 cm³/mol. The number of benzene rings is 6. The molecular formula is C92H114O20. The summed E-state index contributed by atoms with van der Waals surface area (Å²) in [4.78, 5) is 99.7. The van der Waals surface area contributed by atoms with E-state index in [2.05, 4.69) is 26.3 Å². The third-order valence-corrected chi connectivity index (χ3v) is 18.3. The van der Waals surface area contributed by atoms with E-state index in [1.54, 1.807) is 133 Å². The first kappa shape index (κ1) is 90.1. The highest BCUT2D eigenvalue weighted by Gasteiger charge is 2.19. The Hall–Kier alpha value is -10.8. The molecule has 0 radical (unpaired) electrons. The monoisotopic (exact) mass is 1540 g/mol. The van der Waals surface area contributed by atoms with Crippen molar-refractivity contribution in [2.75, 3.05) is 52.9 Å². The van der Waals surface area contributed by atoms with Crippen LogP contribution in [0.2, 0.25) is 0 Å². The van der Waals surface area contributed by atoms with Gasteiger partial charge in [-0.2, -0.15) is 0 Å². The highest BCUT2D eigenvalue weighted by molar-refractivity contribution is 5.94. The van der Waals surface area contributed by atoms with E-state index in [4.69, 9.17) is 56.8 Å². The van der Waals surface area contributed by atoms with Gasteiger partial charge in [-0.25, -0.2) is 38.4 Å². The van der Waals surface area contributed by atoms with E-state index in [1.165, 1.54) is 24.3 Å². The summed E-state index contributed by atoms with van der Waals surface area (Å²) in [7, 11) is 0. The Balaban J connectivity index is 1.03. The van der Waals surface area contributed by atoms with Gasteiger partial charge in [0.25, 0.3) is 0 Å². The second kappa shape index (κ2) is 55.6. The average molecular weight is 1540 g/mol. The molecule has 20 nitrogen and oxygen atoms in total. The van der Waals surface area contributed by atoms with E-state index in [-0.39, 0.29) is 0 Å². The number of carbonyl (C=O) groups is 8. The quantitative estimate of drug-likeness (QED) is 0.0113. The van der Waals surface area contributed by atoms with Gasteiger partial charge in [-0.1, -0.05) is 155 Å². The minimum absolute atomic E-state index is 0.293. The van der Waals surface area contributed by atoms with Gasteiger partial charge in [-0.3, -0.25) is 0 Å². The molecule has 6 aromatic rings. The highest BCUT2D eigenvalue weighted by atomic mass is 16.6. The Morgan fingerprint density at radius 1 is 0.223 bits per heavy atom. The van der Waals surface area contributed by atoms with Crippen LogP contribution in [0.5, 0.6) is 46.0 Å². The van der Waals surface area contributed by atoms with Gasteiger partial charge in [0.15, 0.2) is 0 Å². The molecule has 0 aliphatic heterocycles. The van der Waals surface area contributed by atoms with Crippen molar-refractivity contribution in [3.8, 4) is 46.0 Å². The largest absolute Gasteiger partial charge is 0.494 e. The molecule has 602 valence electrons. The maximum Gasteiger partial charge on any atom is 0.343 e. The fourth-order valence-electron chi connectivity index (χ4n) is 11.9. The zero-order valence-electron chi connectivity index (χ0n) is 65.3. The number of hydrogen-bond donors (Lipinski definition) is 0. The van der Waals surface area contributed by atoms with Gasteiger partial charge in [-0.05, 0) is 222 Å². The summed E-state index contributed by atoms with van der Waals surface area (Å²) in [6.45, 7) is 17.4. The molecule has 6 aromatic carbocycles. The fraction of sp³-hybridized carbons (Fsp3) is 0.435. The van der Waals surface area contributed by atoms with Crippen molar-refractivity contribution in [3.63, 3.8) is 0 Å². The molecule has 0 atom stereocenters. The first-order valence-corrected chi connectivity index (χ1v) is 40.0. The molecule has 0 unspecified atom stereocenters. The third-order valence-electron chi connectivity index (χ3n) is 18.3. The second-order valence-corrected chi connectivity index (χ2v) is 27.2. The molecule has 0 N–H and O–H groups in total. The summed E-state index contributed by atoms with van der Waals surface area (Å²) in [5.74, 6) is -0.0172. The SMILES string of the molecule is C=CC(=O)OCCCCCCCCOc1ccc(C(=O)Oc2ccc(OC(=O)c3ccc(OCCCCCCCCOC(=O)C=C)cc3)c(CCCCCCCCc3cc(OC(=O)c4ccc(OCCCCCCCCOC(=O)C=C)cc4)ccc3OC(=O)c3ccc(OCCCCCCCCOC(=O)C=C)cc3)c2)cc1. The Labute approximate surface area is 661 Å². The summed E-state index contributed by atoms with van der Waals surface area (Å²) in [5.41, 5.74) is 2.73. The third kappa shape index (κ3) is 38.2. The molecule has 0 heterocycles. The van der Waals surface area contributed by atoms with Crippen molar-refractivity contribution in [2.24, 2.45) is 0 Å². The Bertz CT molecular complexity index is 3570. The Kier molecular flexibility index (Phi) is 44.7. The van der Waals surface area contributed by atoms with Gasteiger partial charge in [-0.15, -0.1) is 0 Å². The van der Waals surface area contributed by atoms with Crippen LogP contribution < -0.4 is 37.9 Å². The molecule has 6 rings (SSSR count). The van der Waals surface area contributed by atoms with Crippen LogP contribution in [0.25, 0.3) is 0 Å². The van der Waals surface area contributed by atoms with E-state index in [0.717, 1.165) is 193 Å². The van der Waals surface area contributed by atoms with Crippen molar-refractivity contribution >= 4 is 47.8 Å². The van der Waals surface area contributed by atoms with Crippen molar-refractivity contribution in [1.29, 1.82) is 0 Å². The highest BCUT2D eigenvalue weighted by Crippen LogP contribution is 2.32. The molecule has 0 bridgehead atoms. The molecule has 0 aliphatic carbocycles. The molecule has 0 amide bonds. The molecule has 0 aromatic heterocycles. The van der Waals surface area contributed by atoms with Crippen LogP contribution in [0.1, 0.15) is 245 Å². The minimum Gasteiger partial charge on any atom is -0.494 e. The Morgan fingerprint density at radius 3 is 0.652 bits per heavy atom. The molecule has 112 heavy (non-hydrogen) atoms. The van der Waals surface area contributed by atoms with Gasteiger partial charge < -0.3 is 56.8 Å². The summed E-state index contributed by atoms with van der Waals surface area (Å²) < 4.78 is 68.0. The first-order valence-electron chi connectivity index (χ1n) is 40.0. The van der Waals surface area contributed by atoms with Crippen LogP contribution in [-0.4, -0.2) is 101 Å². The number of esters is 8. The number of unbranched alkanes of at least 4 members (excludes halogenated alkanes) is 25. The lowest BCUT2D eigenvalue weighted by Crippen LogP contribution is -2.11. The van der Waals surface area contributed by atoms with Crippen molar-refractivity contribution < 1.29 is 95.2 Å². The lowest BCUT2D eigenvalue weighted by atomic mass is 10.0. The number of aryl methyl sites for hydroxylation is 2.